The van der Waals surface area contributed by atoms with E-state index in [2.05, 4.69) is 4.90 Å². The van der Waals surface area contributed by atoms with Crippen LogP contribution in [0.1, 0.15) is 5.56 Å². The summed E-state index contributed by atoms with van der Waals surface area (Å²) in [6, 6.07) is 11.6. The molecule has 0 aromatic heterocycles. The van der Waals surface area contributed by atoms with Gasteiger partial charge in [-0.15, -0.1) is 0 Å². The van der Waals surface area contributed by atoms with Gasteiger partial charge in [-0.05, 0) is 29.8 Å². The van der Waals surface area contributed by atoms with Crippen LogP contribution in [0.3, 0.4) is 0 Å². The number of carbonyl (C=O) groups excluding carboxylic acids is 1. The minimum atomic E-state index is 0.0493. The van der Waals surface area contributed by atoms with Crippen molar-refractivity contribution in [1.29, 1.82) is 0 Å². The fraction of sp³-hybridized carbons (Fsp3) is 0.316. The number of likely N-dealkylation sites (N-methyl/N-ethyl adjacent to an activating group) is 1. The Balaban J connectivity index is 1.59. The third-order valence-electron chi connectivity index (χ3n) is 4.56. The van der Waals surface area contributed by atoms with E-state index >= 15 is 0 Å². The molecule has 0 bridgehead atoms. The molecule has 0 atom stereocenters. The summed E-state index contributed by atoms with van der Waals surface area (Å²) in [5.74, 6) is 1.22. The largest absolute Gasteiger partial charge is 0.486 e. The van der Waals surface area contributed by atoms with E-state index in [0.717, 1.165) is 23.5 Å². The molecule has 2 aromatic rings. The fourth-order valence-corrected chi connectivity index (χ4v) is 3.59. The van der Waals surface area contributed by atoms with Gasteiger partial charge in [0, 0.05) is 20.1 Å². The summed E-state index contributed by atoms with van der Waals surface area (Å²) in [6.45, 7) is 2.46. The highest BCUT2D eigenvalue weighted by molar-refractivity contribution is 6.32. The molecule has 0 radical (unpaired) electrons. The van der Waals surface area contributed by atoms with Gasteiger partial charge < -0.3 is 19.3 Å². The van der Waals surface area contributed by atoms with Crippen LogP contribution in [0.25, 0.3) is 0 Å². The Morgan fingerprint density at radius 1 is 1.12 bits per heavy atom. The lowest BCUT2D eigenvalue weighted by atomic mass is 10.1. The van der Waals surface area contributed by atoms with E-state index in [9.17, 15) is 4.79 Å². The maximum atomic E-state index is 12.9. The number of nitrogens with zero attached hydrogens (tertiary/aromatic N) is 2. The molecular weight excluding hydrogens is 340 g/mol. The molecule has 2 aliphatic heterocycles. The standard InChI is InChI=1S/C19H19ClN2O3/c1-21-6-7-22(16-5-3-2-4-15(16)21)18(23)12-13-10-14(20)19-17(11-13)24-8-9-25-19/h2-5,10-11H,6-9,12H2,1H3. The van der Waals surface area contributed by atoms with Gasteiger partial charge in [-0.3, -0.25) is 4.79 Å². The second kappa shape index (κ2) is 6.48. The van der Waals surface area contributed by atoms with E-state index in [0.29, 0.717) is 36.3 Å². The predicted molar refractivity (Wildman–Crippen MR) is 98.2 cm³/mol. The van der Waals surface area contributed by atoms with Gasteiger partial charge in [0.25, 0.3) is 0 Å². The third-order valence-corrected chi connectivity index (χ3v) is 4.84. The molecule has 2 aromatic carbocycles. The Morgan fingerprint density at radius 3 is 2.72 bits per heavy atom. The molecule has 2 heterocycles. The lowest BCUT2D eigenvalue weighted by Crippen LogP contribution is -2.43. The van der Waals surface area contributed by atoms with E-state index in [-0.39, 0.29) is 12.3 Å². The van der Waals surface area contributed by atoms with Crippen LogP contribution in [0.2, 0.25) is 5.02 Å². The molecule has 0 unspecified atom stereocenters. The predicted octanol–water partition coefficient (Wildman–Crippen LogP) is 3.14. The van der Waals surface area contributed by atoms with Crippen LogP contribution < -0.4 is 19.3 Å². The smallest absolute Gasteiger partial charge is 0.231 e. The average Bonchev–Trinajstić information content (AvgIpc) is 2.62. The Hall–Kier alpha value is -2.40. The van der Waals surface area contributed by atoms with Crippen molar-refractivity contribution in [2.45, 2.75) is 6.42 Å². The number of hydrogen-bond acceptors (Lipinski definition) is 4. The van der Waals surface area contributed by atoms with Crippen molar-refractivity contribution in [3.05, 3.63) is 47.0 Å². The van der Waals surface area contributed by atoms with Gasteiger partial charge in [0.1, 0.15) is 13.2 Å². The molecule has 0 N–H and O–H groups in total. The van der Waals surface area contributed by atoms with Crippen LogP contribution >= 0.6 is 11.6 Å². The van der Waals surface area contributed by atoms with Crippen molar-refractivity contribution >= 4 is 28.9 Å². The molecule has 0 saturated carbocycles. The molecule has 0 fully saturated rings. The van der Waals surface area contributed by atoms with E-state index < -0.39 is 0 Å². The zero-order valence-electron chi connectivity index (χ0n) is 14.0. The van der Waals surface area contributed by atoms with Gasteiger partial charge in [-0.25, -0.2) is 0 Å². The molecule has 1 amide bonds. The number of hydrogen-bond donors (Lipinski definition) is 0. The van der Waals surface area contributed by atoms with Crippen molar-refractivity contribution < 1.29 is 14.3 Å². The van der Waals surface area contributed by atoms with Crippen LogP contribution in [0.4, 0.5) is 11.4 Å². The molecule has 0 saturated heterocycles. The first-order chi connectivity index (χ1) is 12.1. The third kappa shape index (κ3) is 3.00. The maximum absolute atomic E-state index is 12.9. The number of anilines is 2. The van der Waals surface area contributed by atoms with Crippen molar-refractivity contribution in [2.24, 2.45) is 0 Å². The quantitative estimate of drug-likeness (QED) is 0.827. The van der Waals surface area contributed by atoms with Crippen molar-refractivity contribution in [2.75, 3.05) is 43.2 Å². The van der Waals surface area contributed by atoms with Gasteiger partial charge in [-0.1, -0.05) is 23.7 Å². The highest BCUT2D eigenvalue weighted by Gasteiger charge is 2.25. The molecular formula is C19H19ClN2O3. The molecule has 130 valence electrons. The minimum absolute atomic E-state index is 0.0493. The van der Waals surface area contributed by atoms with Crippen LogP contribution in [0.5, 0.6) is 11.5 Å². The Morgan fingerprint density at radius 2 is 1.88 bits per heavy atom. The molecule has 4 rings (SSSR count). The normalized spacial score (nSPS) is 15.8. The van der Waals surface area contributed by atoms with Crippen molar-refractivity contribution in [3.8, 4) is 11.5 Å². The van der Waals surface area contributed by atoms with Crippen LogP contribution in [-0.2, 0) is 11.2 Å². The summed E-state index contributed by atoms with van der Waals surface area (Å²) in [5.41, 5.74) is 2.85. The van der Waals surface area contributed by atoms with Crippen LogP contribution in [-0.4, -0.2) is 39.3 Å². The summed E-state index contributed by atoms with van der Waals surface area (Å²) in [6.07, 6.45) is 0.272. The zero-order chi connectivity index (χ0) is 17.4. The molecule has 5 nitrogen and oxygen atoms in total. The van der Waals surface area contributed by atoms with E-state index in [1.54, 1.807) is 6.07 Å². The monoisotopic (exact) mass is 358 g/mol. The molecule has 2 aliphatic rings. The second-order valence-electron chi connectivity index (χ2n) is 6.23. The lowest BCUT2D eigenvalue weighted by Gasteiger charge is -2.35. The van der Waals surface area contributed by atoms with E-state index in [1.807, 2.05) is 42.3 Å². The summed E-state index contributed by atoms with van der Waals surface area (Å²) < 4.78 is 11.1. The number of carbonyl (C=O) groups is 1. The molecule has 25 heavy (non-hydrogen) atoms. The van der Waals surface area contributed by atoms with Gasteiger partial charge in [0.15, 0.2) is 11.5 Å². The Bertz CT molecular complexity index is 824. The first kappa shape index (κ1) is 16.1. The van der Waals surface area contributed by atoms with Crippen LogP contribution in [0, 0.1) is 0 Å². The Labute approximate surface area is 151 Å². The van der Waals surface area contributed by atoms with Gasteiger partial charge >= 0.3 is 0 Å². The molecule has 0 spiro atoms. The summed E-state index contributed by atoms with van der Waals surface area (Å²) >= 11 is 6.28. The highest BCUT2D eigenvalue weighted by atomic mass is 35.5. The number of para-hydroxylation sites is 2. The Kier molecular flexibility index (Phi) is 4.17. The summed E-state index contributed by atoms with van der Waals surface area (Å²) in [7, 11) is 2.04. The number of fused-ring (bicyclic) bond motifs is 2. The zero-order valence-corrected chi connectivity index (χ0v) is 14.8. The van der Waals surface area contributed by atoms with E-state index in [1.165, 1.54) is 0 Å². The number of rotatable bonds is 2. The van der Waals surface area contributed by atoms with Gasteiger partial charge in [0.05, 0.1) is 22.8 Å². The highest BCUT2D eigenvalue weighted by Crippen LogP contribution is 2.39. The summed E-state index contributed by atoms with van der Waals surface area (Å²) in [4.78, 5) is 16.9. The number of halogens is 1. The topological polar surface area (TPSA) is 42.0 Å². The SMILES string of the molecule is CN1CCN(C(=O)Cc2cc(Cl)c3c(c2)OCCO3)c2ccccc21. The summed E-state index contributed by atoms with van der Waals surface area (Å²) in [5, 5.41) is 0.485. The minimum Gasteiger partial charge on any atom is -0.486 e. The molecule has 6 heteroatoms. The van der Waals surface area contributed by atoms with Gasteiger partial charge in [0.2, 0.25) is 5.91 Å². The molecule has 0 aliphatic carbocycles. The first-order valence-corrected chi connectivity index (χ1v) is 8.70. The van der Waals surface area contributed by atoms with Crippen molar-refractivity contribution in [3.63, 3.8) is 0 Å². The second-order valence-corrected chi connectivity index (χ2v) is 6.64. The number of amides is 1. The maximum Gasteiger partial charge on any atom is 0.231 e. The van der Waals surface area contributed by atoms with Gasteiger partial charge in [-0.2, -0.15) is 0 Å². The number of ether oxygens (including phenoxy) is 2. The average molecular weight is 359 g/mol. The number of benzene rings is 2. The fourth-order valence-electron chi connectivity index (χ4n) is 3.30. The van der Waals surface area contributed by atoms with Crippen LogP contribution in [0.15, 0.2) is 36.4 Å². The van der Waals surface area contributed by atoms with E-state index in [4.69, 9.17) is 21.1 Å². The first-order valence-electron chi connectivity index (χ1n) is 8.32. The van der Waals surface area contributed by atoms with Crippen molar-refractivity contribution in [1.82, 2.24) is 0 Å². The lowest BCUT2D eigenvalue weighted by molar-refractivity contribution is -0.118.